The summed E-state index contributed by atoms with van der Waals surface area (Å²) in [4.78, 5) is 20.3. The zero-order chi connectivity index (χ0) is 82.9. The molecule has 0 radical (unpaired) electrons. The first-order valence-corrected chi connectivity index (χ1v) is 42.6. The molecule has 0 saturated carbocycles. The molecule has 26 aromatic rings. The van der Waals surface area contributed by atoms with Crippen LogP contribution < -0.4 is 0 Å². The molecule has 0 aliphatic rings. The SMILES string of the molecule is c1ccc(-c2cc(-c3ccc(-n4c5ccccc5c5c(-c6ccc7c(c6)c6ccccc6n7-c6cccc7c6oc6ccccc67)cccc54)cc3)nc(-c3ccccc3)n2)cc1.c1ccc(-c2cc(-c3cccc(-n4c5ccccc5c5c(-c6ccc7c(c6)c6ccccc6n7-c6cccc7c6oc6ccccc67)cccc54)c3)nc(-c3ccccc3)n2)cc1. The molecule has 0 fully saturated rings. The first kappa shape index (κ1) is 71.8. The highest BCUT2D eigenvalue weighted by Gasteiger charge is 2.26. The fourth-order valence-corrected chi connectivity index (χ4v) is 19.4. The van der Waals surface area contributed by atoms with E-state index in [1.807, 2.05) is 84.9 Å². The number of hydrogen-bond donors (Lipinski definition) is 0. The molecule has 0 spiro atoms. The molecule has 8 aromatic heterocycles. The molecule has 0 saturated heterocycles. The minimum atomic E-state index is 0.700. The highest BCUT2D eigenvalue weighted by molar-refractivity contribution is 6.21. The molecule has 0 aliphatic carbocycles. The van der Waals surface area contributed by atoms with Crippen LogP contribution in [0.1, 0.15) is 0 Å². The third kappa shape index (κ3) is 11.8. The zero-order valence-corrected chi connectivity index (χ0v) is 68.0. The molecule has 8 heterocycles. The Morgan fingerprint density at radius 1 is 0.175 bits per heavy atom. The van der Waals surface area contributed by atoms with Gasteiger partial charge in [0.15, 0.2) is 22.8 Å². The van der Waals surface area contributed by atoms with Crippen molar-refractivity contribution in [2.45, 2.75) is 0 Å². The lowest BCUT2D eigenvalue weighted by molar-refractivity contribution is 0.666. The molecule has 0 N–H and O–H groups in total. The van der Waals surface area contributed by atoms with Gasteiger partial charge in [0.05, 0.1) is 78.3 Å². The molecule has 18 aromatic carbocycles. The number of furan rings is 2. The molecule has 0 amide bonds. The maximum atomic E-state index is 6.58. The monoisotopic (exact) mass is 1610 g/mol. The largest absolute Gasteiger partial charge is 0.454 e. The Balaban J connectivity index is 0.000000137. The number of hydrogen-bond acceptors (Lipinski definition) is 6. The molecule has 0 unspecified atom stereocenters. The van der Waals surface area contributed by atoms with Gasteiger partial charge in [-0.3, -0.25) is 0 Å². The van der Waals surface area contributed by atoms with E-state index in [0.29, 0.717) is 11.6 Å². The summed E-state index contributed by atoms with van der Waals surface area (Å²) in [7, 11) is 0. The van der Waals surface area contributed by atoms with Crippen LogP contribution in [0.15, 0.2) is 446 Å². The van der Waals surface area contributed by atoms with Crippen LogP contribution in [0.4, 0.5) is 0 Å². The standard InChI is InChI=1S/2C58H36N4O/c1-3-16-37(17-4-1)48-36-49(60-58(59-48)38-18-5-2-6-19-38)40-20-13-21-41(34-40)61-51-28-11-8-24-46(51)56-42(25-14-29-53(56)61)39-32-33-52-47(35-39)43-22-7-10-27-50(43)62(52)54-30-15-26-45-44-23-9-12-31-55(44)63-57(45)54;1-3-15-37(16-4-1)48-36-49(60-58(59-48)39-17-5-2-6-18-39)38-29-32-41(33-30-38)61-51-25-11-8-21-46(51)56-42(22-13-26-53(56)61)40-31-34-52-47(35-40)43-19-7-10-24-50(43)62(52)54-27-14-23-45-44-20-9-12-28-55(44)63-57(45)54/h2*1-36H. The Labute approximate surface area is 723 Å². The van der Waals surface area contributed by atoms with Crippen LogP contribution in [-0.2, 0) is 0 Å². The first-order valence-electron chi connectivity index (χ1n) is 42.6. The van der Waals surface area contributed by atoms with E-state index in [1.54, 1.807) is 0 Å². The number of fused-ring (bicyclic) bond motifs is 18. The Hall–Kier alpha value is -17.1. The normalized spacial score (nSPS) is 11.8. The van der Waals surface area contributed by atoms with Gasteiger partial charge in [0, 0.05) is 109 Å². The number of benzene rings is 18. The molecule has 0 aliphatic heterocycles. The smallest absolute Gasteiger partial charge is 0.160 e. The van der Waals surface area contributed by atoms with Crippen LogP contribution in [0, 0.1) is 0 Å². The fourth-order valence-electron chi connectivity index (χ4n) is 19.4. The minimum absolute atomic E-state index is 0.700. The quantitative estimate of drug-likeness (QED) is 0.121. The number of aromatic nitrogens is 8. The van der Waals surface area contributed by atoms with E-state index in [-0.39, 0.29) is 0 Å². The van der Waals surface area contributed by atoms with Crippen LogP contribution in [-0.4, -0.2) is 38.2 Å². The van der Waals surface area contributed by atoms with Gasteiger partial charge in [-0.1, -0.05) is 315 Å². The third-order valence-electron chi connectivity index (χ3n) is 25.1. The van der Waals surface area contributed by atoms with Gasteiger partial charge in [-0.15, -0.1) is 0 Å². The van der Waals surface area contributed by atoms with Crippen molar-refractivity contribution in [3.63, 3.8) is 0 Å². The number of rotatable bonds is 12. The van der Waals surface area contributed by atoms with E-state index in [4.69, 9.17) is 28.8 Å². The van der Waals surface area contributed by atoms with Gasteiger partial charge < -0.3 is 27.1 Å². The summed E-state index contributed by atoms with van der Waals surface area (Å²) in [5.74, 6) is 1.41. The molecule has 0 bridgehead atoms. The van der Waals surface area contributed by atoms with Crippen molar-refractivity contribution in [2.75, 3.05) is 0 Å². The number of nitrogens with zero attached hydrogens (tertiary/aromatic N) is 8. The van der Waals surface area contributed by atoms with Crippen molar-refractivity contribution in [1.82, 2.24) is 38.2 Å². The van der Waals surface area contributed by atoms with E-state index in [0.717, 1.165) is 172 Å². The van der Waals surface area contributed by atoms with Crippen molar-refractivity contribution >= 4 is 131 Å². The van der Waals surface area contributed by atoms with Crippen LogP contribution in [0.25, 0.3) is 244 Å². The maximum Gasteiger partial charge on any atom is 0.160 e. The van der Waals surface area contributed by atoms with Crippen molar-refractivity contribution in [1.29, 1.82) is 0 Å². The van der Waals surface area contributed by atoms with Gasteiger partial charge in [0.1, 0.15) is 11.2 Å². The molecule has 26 rings (SSSR count). The molecule has 588 valence electrons. The first-order chi connectivity index (χ1) is 62.5. The van der Waals surface area contributed by atoms with Gasteiger partial charge >= 0.3 is 0 Å². The van der Waals surface area contributed by atoms with Gasteiger partial charge in [-0.2, -0.15) is 0 Å². The number of para-hydroxylation sites is 8. The molecule has 126 heavy (non-hydrogen) atoms. The van der Waals surface area contributed by atoms with Crippen LogP contribution in [0.5, 0.6) is 0 Å². The van der Waals surface area contributed by atoms with Crippen molar-refractivity contribution in [3.8, 4) is 113 Å². The Kier molecular flexibility index (Phi) is 16.7. The predicted octanol–water partition coefficient (Wildman–Crippen LogP) is 30.5. The Morgan fingerprint density at radius 2 is 0.492 bits per heavy atom. The van der Waals surface area contributed by atoms with E-state index >= 15 is 0 Å². The molecule has 10 nitrogen and oxygen atoms in total. The second-order valence-corrected chi connectivity index (χ2v) is 32.3. The summed E-state index contributed by atoms with van der Waals surface area (Å²) in [6, 6.07) is 155. The topological polar surface area (TPSA) is 97.6 Å². The van der Waals surface area contributed by atoms with Crippen LogP contribution in [0.2, 0.25) is 0 Å². The summed E-state index contributed by atoms with van der Waals surface area (Å²) in [6.07, 6.45) is 0. The van der Waals surface area contributed by atoms with Crippen LogP contribution in [0.3, 0.4) is 0 Å². The fraction of sp³-hybridized carbons (Fsp3) is 0. The summed E-state index contributed by atoms with van der Waals surface area (Å²) >= 11 is 0. The summed E-state index contributed by atoms with van der Waals surface area (Å²) < 4.78 is 22.7. The summed E-state index contributed by atoms with van der Waals surface area (Å²) in [5.41, 5.74) is 31.3. The summed E-state index contributed by atoms with van der Waals surface area (Å²) in [6.45, 7) is 0. The van der Waals surface area contributed by atoms with Crippen molar-refractivity contribution in [2.24, 2.45) is 0 Å². The molecular formula is C116H72N8O2. The minimum Gasteiger partial charge on any atom is -0.454 e. The second-order valence-electron chi connectivity index (χ2n) is 32.3. The average Bonchev–Trinajstić information content (AvgIpc) is 1.57. The maximum absolute atomic E-state index is 6.58. The van der Waals surface area contributed by atoms with Gasteiger partial charge in [-0.25, -0.2) is 19.9 Å². The van der Waals surface area contributed by atoms with E-state index < -0.39 is 0 Å². The predicted molar refractivity (Wildman–Crippen MR) is 519 cm³/mol. The second kappa shape index (κ2) is 29.4. The molecule has 10 heteroatoms. The zero-order valence-electron chi connectivity index (χ0n) is 68.0. The van der Waals surface area contributed by atoms with E-state index in [2.05, 4.69) is 370 Å². The molecular weight excluding hydrogens is 1540 g/mol. The van der Waals surface area contributed by atoms with E-state index in [1.165, 1.54) is 59.8 Å². The lowest BCUT2D eigenvalue weighted by Gasteiger charge is -2.12. The highest BCUT2D eigenvalue weighted by Crippen LogP contribution is 2.47. The van der Waals surface area contributed by atoms with E-state index in [9.17, 15) is 0 Å². The lowest BCUT2D eigenvalue weighted by Crippen LogP contribution is -1.97. The average molecular weight is 1610 g/mol. The lowest BCUT2D eigenvalue weighted by atomic mass is 9.98. The van der Waals surface area contributed by atoms with Crippen LogP contribution >= 0.6 is 0 Å². The Morgan fingerprint density at radius 3 is 0.944 bits per heavy atom. The summed E-state index contributed by atoms with van der Waals surface area (Å²) in [5, 5.41) is 14.1. The molecule has 0 atom stereocenters. The highest BCUT2D eigenvalue weighted by atomic mass is 16.3. The van der Waals surface area contributed by atoms with Gasteiger partial charge in [0.2, 0.25) is 0 Å². The Bertz CT molecular complexity index is 8720. The van der Waals surface area contributed by atoms with Gasteiger partial charge in [0.25, 0.3) is 0 Å². The van der Waals surface area contributed by atoms with Crippen molar-refractivity contribution in [3.05, 3.63) is 437 Å². The third-order valence-corrected chi connectivity index (χ3v) is 25.1. The van der Waals surface area contributed by atoms with Gasteiger partial charge in [-0.05, 0) is 144 Å². The van der Waals surface area contributed by atoms with Crippen molar-refractivity contribution < 1.29 is 8.83 Å².